The van der Waals surface area contributed by atoms with Gasteiger partial charge in [-0.25, -0.2) is 4.98 Å². The van der Waals surface area contributed by atoms with Crippen LogP contribution in [0.1, 0.15) is 24.7 Å². The predicted octanol–water partition coefficient (Wildman–Crippen LogP) is 0.664. The number of anilines is 1. The summed E-state index contributed by atoms with van der Waals surface area (Å²) in [5, 5.41) is 3.13. The van der Waals surface area contributed by atoms with Gasteiger partial charge in [-0.15, -0.1) is 0 Å². The minimum absolute atomic E-state index is 0.0399. The van der Waals surface area contributed by atoms with E-state index in [1.807, 2.05) is 6.92 Å². The van der Waals surface area contributed by atoms with Crippen molar-refractivity contribution in [1.82, 2.24) is 9.97 Å². The van der Waals surface area contributed by atoms with Gasteiger partial charge in [0.15, 0.2) is 0 Å². The molecule has 5 heteroatoms. The maximum atomic E-state index is 11.7. The smallest absolute Gasteiger partial charge is 0.256 e. The number of fused-ring (bicyclic) bond motifs is 1. The van der Waals surface area contributed by atoms with E-state index in [-0.39, 0.29) is 5.56 Å². The monoisotopic (exact) mass is 209 g/mol. The molecule has 2 rings (SSSR count). The molecular formula is C10H15N3O2. The van der Waals surface area contributed by atoms with E-state index in [0.717, 1.165) is 30.8 Å². The topological polar surface area (TPSA) is 67.0 Å². The fourth-order valence-electron chi connectivity index (χ4n) is 1.66. The normalized spacial score (nSPS) is 14.5. The Morgan fingerprint density at radius 1 is 1.53 bits per heavy atom. The minimum atomic E-state index is -0.0399. The molecule has 0 aliphatic carbocycles. The first-order chi connectivity index (χ1) is 7.31. The first-order valence-electron chi connectivity index (χ1n) is 5.25. The standard InChI is InChI=1S/C10H15N3O2/c1-2-15-6-8-12-9-7(10(14)13-8)4-3-5-11-9/h2-6H2,1H3,(H2,11,12,13,14). The van der Waals surface area contributed by atoms with E-state index in [0.29, 0.717) is 19.0 Å². The summed E-state index contributed by atoms with van der Waals surface area (Å²) in [6, 6.07) is 0. The number of nitrogens with zero attached hydrogens (tertiary/aromatic N) is 1. The Balaban J connectivity index is 2.28. The Labute approximate surface area is 87.9 Å². The summed E-state index contributed by atoms with van der Waals surface area (Å²) in [7, 11) is 0. The fraction of sp³-hybridized carbons (Fsp3) is 0.600. The van der Waals surface area contributed by atoms with Crippen LogP contribution in [0.3, 0.4) is 0 Å². The second-order valence-electron chi connectivity index (χ2n) is 3.51. The van der Waals surface area contributed by atoms with Crippen molar-refractivity contribution in [2.45, 2.75) is 26.4 Å². The van der Waals surface area contributed by atoms with Crippen molar-refractivity contribution in [3.63, 3.8) is 0 Å². The van der Waals surface area contributed by atoms with Crippen LogP contribution in [0.25, 0.3) is 0 Å². The number of hydrogen-bond acceptors (Lipinski definition) is 4. The van der Waals surface area contributed by atoms with Crippen molar-refractivity contribution < 1.29 is 4.74 Å². The highest BCUT2D eigenvalue weighted by Crippen LogP contribution is 2.14. The van der Waals surface area contributed by atoms with Crippen molar-refractivity contribution in [1.29, 1.82) is 0 Å². The summed E-state index contributed by atoms with van der Waals surface area (Å²) in [6.07, 6.45) is 1.79. The molecule has 0 atom stereocenters. The average molecular weight is 209 g/mol. The van der Waals surface area contributed by atoms with E-state index in [9.17, 15) is 4.79 Å². The van der Waals surface area contributed by atoms with Gasteiger partial charge < -0.3 is 15.0 Å². The van der Waals surface area contributed by atoms with Gasteiger partial charge in [0.2, 0.25) is 0 Å². The van der Waals surface area contributed by atoms with Gasteiger partial charge in [-0.1, -0.05) is 0 Å². The molecule has 2 heterocycles. The Morgan fingerprint density at radius 2 is 2.40 bits per heavy atom. The molecule has 82 valence electrons. The molecule has 0 fully saturated rings. The van der Waals surface area contributed by atoms with E-state index >= 15 is 0 Å². The van der Waals surface area contributed by atoms with Crippen LogP contribution in [0.15, 0.2) is 4.79 Å². The third-order valence-corrected chi connectivity index (χ3v) is 2.40. The first-order valence-corrected chi connectivity index (χ1v) is 5.25. The molecule has 0 spiro atoms. The zero-order valence-corrected chi connectivity index (χ0v) is 8.80. The van der Waals surface area contributed by atoms with Crippen LogP contribution in [-0.2, 0) is 17.8 Å². The van der Waals surface area contributed by atoms with Gasteiger partial charge in [0.25, 0.3) is 5.56 Å². The summed E-state index contributed by atoms with van der Waals surface area (Å²) >= 11 is 0. The van der Waals surface area contributed by atoms with E-state index < -0.39 is 0 Å². The number of aromatic amines is 1. The van der Waals surface area contributed by atoms with E-state index in [2.05, 4.69) is 15.3 Å². The van der Waals surface area contributed by atoms with Gasteiger partial charge in [0, 0.05) is 13.2 Å². The molecule has 1 aliphatic rings. The molecule has 0 radical (unpaired) electrons. The zero-order chi connectivity index (χ0) is 10.7. The zero-order valence-electron chi connectivity index (χ0n) is 8.80. The number of H-pyrrole nitrogens is 1. The van der Waals surface area contributed by atoms with Crippen molar-refractivity contribution in [2.24, 2.45) is 0 Å². The van der Waals surface area contributed by atoms with Gasteiger partial charge >= 0.3 is 0 Å². The second kappa shape index (κ2) is 4.44. The maximum absolute atomic E-state index is 11.7. The van der Waals surface area contributed by atoms with Crippen LogP contribution in [0.5, 0.6) is 0 Å². The Bertz CT molecular complexity index is 400. The molecule has 0 saturated heterocycles. The van der Waals surface area contributed by atoms with E-state index in [4.69, 9.17) is 4.74 Å². The molecule has 0 amide bonds. The molecule has 1 aliphatic heterocycles. The lowest BCUT2D eigenvalue weighted by Gasteiger charge is -2.16. The van der Waals surface area contributed by atoms with Crippen LogP contribution >= 0.6 is 0 Å². The average Bonchev–Trinajstić information content (AvgIpc) is 2.26. The van der Waals surface area contributed by atoms with Crippen molar-refractivity contribution in [3.05, 3.63) is 21.7 Å². The number of hydrogen-bond donors (Lipinski definition) is 2. The van der Waals surface area contributed by atoms with Crippen LogP contribution in [-0.4, -0.2) is 23.1 Å². The van der Waals surface area contributed by atoms with Crippen molar-refractivity contribution in [2.75, 3.05) is 18.5 Å². The lowest BCUT2D eigenvalue weighted by molar-refractivity contribution is 0.128. The SMILES string of the molecule is CCOCc1nc2c(c(=O)[nH]1)CCCN2. The molecule has 5 nitrogen and oxygen atoms in total. The lowest BCUT2D eigenvalue weighted by Crippen LogP contribution is -2.25. The highest BCUT2D eigenvalue weighted by Gasteiger charge is 2.14. The quantitative estimate of drug-likeness (QED) is 0.767. The molecule has 0 unspecified atom stereocenters. The Kier molecular flexibility index (Phi) is 3.01. The number of nitrogens with one attached hydrogen (secondary N) is 2. The Hall–Kier alpha value is -1.36. The Morgan fingerprint density at radius 3 is 3.20 bits per heavy atom. The molecular weight excluding hydrogens is 194 g/mol. The molecule has 1 aromatic heterocycles. The molecule has 2 N–H and O–H groups in total. The van der Waals surface area contributed by atoms with Crippen molar-refractivity contribution >= 4 is 5.82 Å². The molecule has 0 saturated carbocycles. The van der Waals surface area contributed by atoms with Crippen LogP contribution in [0, 0.1) is 0 Å². The van der Waals surface area contributed by atoms with Gasteiger partial charge in [0.05, 0.1) is 5.56 Å². The van der Waals surface area contributed by atoms with Crippen LogP contribution in [0.2, 0.25) is 0 Å². The summed E-state index contributed by atoms with van der Waals surface area (Å²) in [4.78, 5) is 18.7. The summed E-state index contributed by atoms with van der Waals surface area (Å²) in [5.74, 6) is 1.31. The predicted molar refractivity (Wildman–Crippen MR) is 57.0 cm³/mol. The summed E-state index contributed by atoms with van der Waals surface area (Å²) < 4.78 is 5.21. The minimum Gasteiger partial charge on any atom is -0.374 e. The van der Waals surface area contributed by atoms with Gasteiger partial charge in [-0.05, 0) is 19.8 Å². The van der Waals surface area contributed by atoms with Gasteiger partial charge in [-0.3, -0.25) is 4.79 Å². The fourth-order valence-corrected chi connectivity index (χ4v) is 1.66. The first kappa shape index (κ1) is 10.2. The molecule has 0 bridgehead atoms. The van der Waals surface area contributed by atoms with E-state index in [1.54, 1.807) is 0 Å². The van der Waals surface area contributed by atoms with E-state index in [1.165, 1.54) is 0 Å². The van der Waals surface area contributed by atoms with Gasteiger partial charge in [0.1, 0.15) is 18.2 Å². The summed E-state index contributed by atoms with van der Waals surface area (Å²) in [5.41, 5.74) is 0.725. The van der Waals surface area contributed by atoms with Crippen LogP contribution in [0.4, 0.5) is 5.82 Å². The maximum Gasteiger partial charge on any atom is 0.256 e. The summed E-state index contributed by atoms with van der Waals surface area (Å²) in [6.45, 7) is 3.78. The highest BCUT2D eigenvalue weighted by molar-refractivity contribution is 5.44. The number of aromatic nitrogens is 2. The largest absolute Gasteiger partial charge is 0.374 e. The molecule has 0 aromatic carbocycles. The second-order valence-corrected chi connectivity index (χ2v) is 3.51. The number of rotatable bonds is 3. The third kappa shape index (κ3) is 2.18. The molecule has 15 heavy (non-hydrogen) atoms. The highest BCUT2D eigenvalue weighted by atomic mass is 16.5. The van der Waals surface area contributed by atoms with Crippen molar-refractivity contribution in [3.8, 4) is 0 Å². The third-order valence-electron chi connectivity index (χ3n) is 2.40. The number of ether oxygens (including phenoxy) is 1. The lowest BCUT2D eigenvalue weighted by atomic mass is 10.1. The van der Waals surface area contributed by atoms with Gasteiger partial charge in [-0.2, -0.15) is 0 Å². The van der Waals surface area contributed by atoms with Crippen LogP contribution < -0.4 is 10.9 Å². The molecule has 1 aromatic rings.